The van der Waals surface area contributed by atoms with Crippen molar-refractivity contribution >= 4 is 10.0 Å². The Morgan fingerprint density at radius 3 is 2.86 bits per heavy atom. The molecule has 0 aromatic carbocycles. The summed E-state index contributed by atoms with van der Waals surface area (Å²) in [5.74, 6) is 0.655. The Morgan fingerprint density at radius 1 is 1.33 bits per heavy atom. The van der Waals surface area contributed by atoms with Crippen LogP contribution in [0.2, 0.25) is 0 Å². The van der Waals surface area contributed by atoms with E-state index in [2.05, 4.69) is 21.9 Å². The molecule has 1 fully saturated rings. The van der Waals surface area contributed by atoms with Crippen LogP contribution in [0.5, 0.6) is 0 Å². The lowest BCUT2D eigenvalue weighted by molar-refractivity contribution is 0.301. The van der Waals surface area contributed by atoms with Gasteiger partial charge in [-0.15, -0.1) is 0 Å². The number of aromatic nitrogens is 1. The Morgan fingerprint density at radius 2 is 2.14 bits per heavy atom. The fraction of sp³-hybridized carbons (Fsp3) is 0.733. The molecule has 0 spiro atoms. The van der Waals surface area contributed by atoms with Crippen LogP contribution in [-0.4, -0.2) is 26.0 Å². The quantitative estimate of drug-likeness (QED) is 0.723. The van der Waals surface area contributed by atoms with Gasteiger partial charge in [0.1, 0.15) is 0 Å². The molecule has 2 atom stereocenters. The molecule has 1 aliphatic rings. The van der Waals surface area contributed by atoms with Gasteiger partial charge in [-0.3, -0.25) is 0 Å². The second-order valence-corrected chi connectivity index (χ2v) is 7.61. The van der Waals surface area contributed by atoms with Crippen LogP contribution in [0.3, 0.4) is 0 Å². The van der Waals surface area contributed by atoms with E-state index in [9.17, 15) is 8.42 Å². The van der Waals surface area contributed by atoms with Crippen molar-refractivity contribution < 1.29 is 8.42 Å². The fourth-order valence-corrected chi connectivity index (χ4v) is 4.29. The van der Waals surface area contributed by atoms with Crippen molar-refractivity contribution in [3.05, 3.63) is 18.0 Å². The van der Waals surface area contributed by atoms with E-state index in [0.717, 1.165) is 37.9 Å². The topological polar surface area (TPSA) is 74.0 Å². The minimum Gasteiger partial charge on any atom is -0.363 e. The molecule has 1 aromatic heterocycles. The molecule has 3 N–H and O–H groups in total. The van der Waals surface area contributed by atoms with Gasteiger partial charge in [-0.2, -0.15) is 0 Å². The van der Waals surface area contributed by atoms with Gasteiger partial charge in [-0.25, -0.2) is 13.1 Å². The molecule has 0 radical (unpaired) electrons. The van der Waals surface area contributed by atoms with Crippen LogP contribution in [0.4, 0.5) is 0 Å². The van der Waals surface area contributed by atoms with Crippen LogP contribution in [0.15, 0.2) is 17.2 Å². The number of sulfonamides is 1. The van der Waals surface area contributed by atoms with Crippen LogP contribution >= 0.6 is 0 Å². The van der Waals surface area contributed by atoms with Crippen molar-refractivity contribution in [2.24, 2.45) is 5.92 Å². The summed E-state index contributed by atoms with van der Waals surface area (Å²) in [4.78, 5) is 3.36. The van der Waals surface area contributed by atoms with Crippen molar-refractivity contribution in [3.63, 3.8) is 0 Å². The predicted molar refractivity (Wildman–Crippen MR) is 84.5 cm³/mol. The smallest absolute Gasteiger partial charge is 0.242 e. The van der Waals surface area contributed by atoms with Gasteiger partial charge in [0.05, 0.1) is 4.90 Å². The third-order valence-corrected chi connectivity index (χ3v) is 5.77. The average molecular weight is 313 g/mol. The van der Waals surface area contributed by atoms with Crippen molar-refractivity contribution in [2.45, 2.75) is 63.4 Å². The first kappa shape index (κ1) is 16.5. The SMILES string of the molecule is CCNCc1cc(S(=O)(=O)NC2CCCC(CC)C2)c[nH]1. The van der Waals surface area contributed by atoms with Gasteiger partial charge in [0.25, 0.3) is 0 Å². The van der Waals surface area contributed by atoms with Crippen molar-refractivity contribution in [1.82, 2.24) is 15.0 Å². The Hall–Kier alpha value is -0.850. The summed E-state index contributed by atoms with van der Waals surface area (Å²) < 4.78 is 27.7. The Bertz CT molecular complexity index is 539. The normalized spacial score (nSPS) is 23.3. The van der Waals surface area contributed by atoms with Gasteiger partial charge in [0, 0.05) is 24.5 Å². The largest absolute Gasteiger partial charge is 0.363 e. The molecular weight excluding hydrogens is 286 g/mol. The molecule has 5 nitrogen and oxygen atoms in total. The fourth-order valence-electron chi connectivity index (χ4n) is 2.99. The van der Waals surface area contributed by atoms with Gasteiger partial charge < -0.3 is 10.3 Å². The molecule has 1 saturated carbocycles. The van der Waals surface area contributed by atoms with Crippen molar-refractivity contribution in [2.75, 3.05) is 6.54 Å². The molecule has 2 unspecified atom stereocenters. The van der Waals surface area contributed by atoms with Gasteiger partial charge in [-0.1, -0.05) is 33.1 Å². The number of nitrogens with one attached hydrogen (secondary N) is 3. The zero-order valence-corrected chi connectivity index (χ0v) is 13.8. The minimum absolute atomic E-state index is 0.0841. The lowest BCUT2D eigenvalue weighted by atomic mass is 9.85. The van der Waals surface area contributed by atoms with E-state index in [-0.39, 0.29) is 6.04 Å². The molecule has 0 bridgehead atoms. The standard InChI is InChI=1S/C15H27N3O2S/c1-3-12-6-5-7-13(8-12)18-21(19,20)15-9-14(17-11-15)10-16-4-2/h9,11-13,16-18H,3-8,10H2,1-2H3. The van der Waals surface area contributed by atoms with E-state index in [1.165, 1.54) is 6.42 Å². The molecule has 1 aliphatic carbocycles. The molecule has 0 aliphatic heterocycles. The zero-order valence-electron chi connectivity index (χ0n) is 13.0. The Labute approximate surface area is 128 Å². The summed E-state index contributed by atoms with van der Waals surface area (Å²) in [6.07, 6.45) is 6.97. The minimum atomic E-state index is -3.40. The van der Waals surface area contributed by atoms with E-state index >= 15 is 0 Å². The number of H-pyrrole nitrogens is 1. The van der Waals surface area contributed by atoms with Crippen LogP contribution in [0.25, 0.3) is 0 Å². The molecule has 120 valence electrons. The molecule has 2 rings (SSSR count). The van der Waals surface area contributed by atoms with Gasteiger partial charge in [0.2, 0.25) is 10.0 Å². The molecule has 6 heteroatoms. The van der Waals surface area contributed by atoms with Gasteiger partial charge in [-0.05, 0) is 31.4 Å². The molecule has 0 saturated heterocycles. The lowest BCUT2D eigenvalue weighted by Crippen LogP contribution is -2.38. The molecule has 0 amide bonds. The molecular formula is C15H27N3O2S. The first-order valence-electron chi connectivity index (χ1n) is 7.95. The van der Waals surface area contributed by atoms with E-state index < -0.39 is 10.0 Å². The third kappa shape index (κ3) is 4.56. The molecule has 1 aromatic rings. The average Bonchev–Trinajstić information content (AvgIpc) is 2.94. The number of aromatic amines is 1. The maximum atomic E-state index is 12.4. The first-order chi connectivity index (χ1) is 10.0. The predicted octanol–water partition coefficient (Wildman–Crippen LogP) is 2.37. The highest BCUT2D eigenvalue weighted by atomic mass is 32.2. The first-order valence-corrected chi connectivity index (χ1v) is 9.43. The summed E-state index contributed by atoms with van der Waals surface area (Å²) in [6, 6.07) is 1.80. The number of hydrogen-bond acceptors (Lipinski definition) is 3. The van der Waals surface area contributed by atoms with Crippen molar-refractivity contribution in [1.29, 1.82) is 0 Å². The van der Waals surface area contributed by atoms with Gasteiger partial charge >= 0.3 is 0 Å². The maximum Gasteiger partial charge on any atom is 0.242 e. The zero-order chi connectivity index (χ0) is 15.3. The summed E-state index contributed by atoms with van der Waals surface area (Å²) >= 11 is 0. The Balaban J connectivity index is 1.99. The molecule has 1 heterocycles. The second-order valence-electron chi connectivity index (χ2n) is 5.90. The third-order valence-electron chi connectivity index (χ3n) is 4.27. The highest BCUT2D eigenvalue weighted by Crippen LogP contribution is 2.27. The van der Waals surface area contributed by atoms with E-state index in [4.69, 9.17) is 0 Å². The van der Waals surface area contributed by atoms with E-state index in [1.54, 1.807) is 12.3 Å². The number of hydrogen-bond donors (Lipinski definition) is 3. The van der Waals surface area contributed by atoms with Crippen LogP contribution in [0, 0.1) is 5.92 Å². The van der Waals surface area contributed by atoms with Crippen LogP contribution < -0.4 is 10.0 Å². The van der Waals surface area contributed by atoms with Crippen molar-refractivity contribution in [3.8, 4) is 0 Å². The maximum absolute atomic E-state index is 12.4. The number of rotatable bonds is 7. The summed E-state index contributed by atoms with van der Waals surface area (Å²) in [6.45, 7) is 5.73. The second kappa shape index (κ2) is 7.42. The van der Waals surface area contributed by atoms with E-state index in [1.807, 2.05) is 6.92 Å². The summed E-state index contributed by atoms with van der Waals surface area (Å²) in [5.41, 5.74) is 0.896. The van der Waals surface area contributed by atoms with Crippen LogP contribution in [0.1, 0.15) is 51.6 Å². The highest BCUT2D eigenvalue weighted by Gasteiger charge is 2.26. The summed E-state index contributed by atoms with van der Waals surface area (Å²) in [7, 11) is -3.40. The van der Waals surface area contributed by atoms with Gasteiger partial charge in [0.15, 0.2) is 0 Å². The molecule has 21 heavy (non-hydrogen) atoms. The van der Waals surface area contributed by atoms with E-state index in [0.29, 0.717) is 17.4 Å². The monoisotopic (exact) mass is 313 g/mol. The highest BCUT2D eigenvalue weighted by molar-refractivity contribution is 7.89. The Kier molecular flexibility index (Phi) is 5.84. The summed E-state index contributed by atoms with van der Waals surface area (Å²) in [5, 5.41) is 3.18. The lowest BCUT2D eigenvalue weighted by Gasteiger charge is -2.28. The van der Waals surface area contributed by atoms with Crippen LogP contribution in [-0.2, 0) is 16.6 Å².